The summed E-state index contributed by atoms with van der Waals surface area (Å²) in [6, 6.07) is 12.0. The van der Waals surface area contributed by atoms with Crippen molar-refractivity contribution in [1.29, 1.82) is 0 Å². The molecule has 0 aliphatic carbocycles. The SMILES string of the molecule is CN1N=C2CCN(C(=O)[C@@H](COc3ccccc3C(F)(F)F)NC(=O)C(C)(C)NC(=O)[O-])C[C@@]2(Cc2ccccc2)C1=O. The molecule has 4 amide bonds. The second kappa shape index (κ2) is 11.9. The van der Waals surface area contributed by atoms with Gasteiger partial charge in [0.1, 0.15) is 35.4 Å². The molecular weight excluding hydrogens is 571 g/mol. The number of halogens is 3. The molecule has 0 spiro atoms. The van der Waals surface area contributed by atoms with E-state index in [1.54, 1.807) is 0 Å². The van der Waals surface area contributed by atoms with E-state index >= 15 is 0 Å². The molecule has 43 heavy (non-hydrogen) atoms. The number of fused-ring (bicyclic) bond motifs is 1. The number of amides is 4. The molecule has 2 N–H and O–H groups in total. The Morgan fingerprint density at radius 2 is 1.74 bits per heavy atom. The third kappa shape index (κ3) is 6.73. The third-order valence-electron chi connectivity index (χ3n) is 7.45. The number of hydrogen-bond donors (Lipinski definition) is 2. The molecule has 0 unspecified atom stereocenters. The number of nitrogens with one attached hydrogen (secondary N) is 2. The number of hydrazone groups is 1. The first kappa shape index (κ1) is 31.3. The second-order valence-corrected chi connectivity index (χ2v) is 11.0. The number of benzene rings is 2. The zero-order valence-corrected chi connectivity index (χ0v) is 23.7. The second-order valence-electron chi connectivity index (χ2n) is 11.0. The Balaban J connectivity index is 1.63. The molecule has 2 heterocycles. The summed E-state index contributed by atoms with van der Waals surface area (Å²) in [7, 11) is 1.52. The van der Waals surface area contributed by atoms with Gasteiger partial charge in [-0.15, -0.1) is 0 Å². The van der Waals surface area contributed by atoms with Crippen molar-refractivity contribution >= 4 is 29.5 Å². The average Bonchev–Trinajstić information content (AvgIpc) is 3.18. The van der Waals surface area contributed by atoms with Crippen LogP contribution < -0.4 is 20.5 Å². The van der Waals surface area contributed by atoms with Gasteiger partial charge in [0, 0.05) is 26.6 Å². The standard InChI is InChI=1S/C29H32F3N5O6/c1-27(2,34-26(41)42)24(39)33-20(16-43-21-12-8-7-11-19(21)29(30,31)32)23(38)37-14-13-22-28(17-37,25(40)36(3)35-22)15-18-9-5-4-6-10-18/h4-12,20,34H,13-17H2,1-3H3,(H,33,39)(H,41,42)/p-1/t20-,28-/m1/s1. The lowest BCUT2D eigenvalue weighted by Crippen LogP contribution is -2.63. The molecule has 1 fully saturated rings. The van der Waals surface area contributed by atoms with E-state index in [9.17, 15) is 37.5 Å². The van der Waals surface area contributed by atoms with Crippen molar-refractivity contribution < 1.29 is 42.2 Å². The van der Waals surface area contributed by atoms with Gasteiger partial charge >= 0.3 is 6.18 Å². The molecule has 0 saturated carbocycles. The fourth-order valence-electron chi connectivity index (χ4n) is 5.26. The summed E-state index contributed by atoms with van der Waals surface area (Å²) in [5.74, 6) is -2.55. The predicted octanol–water partition coefficient (Wildman–Crippen LogP) is 1.57. The van der Waals surface area contributed by atoms with Gasteiger partial charge in [0.2, 0.25) is 11.8 Å². The topological polar surface area (TPSA) is 143 Å². The van der Waals surface area contributed by atoms with Gasteiger partial charge in [-0.1, -0.05) is 42.5 Å². The molecule has 2 atom stereocenters. The normalized spacial score (nSPS) is 19.3. The van der Waals surface area contributed by atoms with Crippen LogP contribution >= 0.6 is 0 Å². The summed E-state index contributed by atoms with van der Waals surface area (Å²) < 4.78 is 46.2. The van der Waals surface area contributed by atoms with Crippen molar-refractivity contribution in [2.24, 2.45) is 10.5 Å². The zero-order valence-electron chi connectivity index (χ0n) is 23.7. The Hall–Kier alpha value is -4.62. The first-order valence-electron chi connectivity index (χ1n) is 13.4. The minimum absolute atomic E-state index is 0.102. The quantitative estimate of drug-likeness (QED) is 0.446. The highest BCUT2D eigenvalue weighted by atomic mass is 19.4. The summed E-state index contributed by atoms with van der Waals surface area (Å²) >= 11 is 0. The Morgan fingerprint density at radius 1 is 1.09 bits per heavy atom. The van der Waals surface area contributed by atoms with Gasteiger partial charge in [0.05, 0.1) is 11.3 Å². The van der Waals surface area contributed by atoms with E-state index < -0.39 is 59.0 Å². The number of rotatable bonds is 9. The molecule has 4 rings (SSSR count). The molecular formula is C29H31F3N5O6-. The fourth-order valence-corrected chi connectivity index (χ4v) is 5.26. The van der Waals surface area contributed by atoms with Gasteiger partial charge in [-0.05, 0) is 38.0 Å². The highest BCUT2D eigenvalue weighted by molar-refractivity contribution is 6.13. The van der Waals surface area contributed by atoms with E-state index in [4.69, 9.17) is 4.74 Å². The molecule has 230 valence electrons. The molecule has 0 radical (unpaired) electrons. The van der Waals surface area contributed by atoms with Crippen LogP contribution in [0.4, 0.5) is 18.0 Å². The van der Waals surface area contributed by atoms with Gasteiger partial charge in [-0.2, -0.15) is 18.3 Å². The Kier molecular flexibility index (Phi) is 8.69. The number of carbonyl (C=O) groups is 4. The number of likely N-dealkylation sites (tertiary alicyclic amines) is 1. The molecule has 2 aromatic carbocycles. The number of carboxylic acid groups (broad SMARTS) is 1. The Morgan fingerprint density at radius 3 is 2.40 bits per heavy atom. The number of ether oxygens (including phenoxy) is 1. The number of hydrogen-bond acceptors (Lipinski definition) is 7. The molecule has 11 nitrogen and oxygen atoms in total. The predicted molar refractivity (Wildman–Crippen MR) is 145 cm³/mol. The fraction of sp³-hybridized carbons (Fsp3) is 0.414. The van der Waals surface area contributed by atoms with Gasteiger partial charge in [-0.25, -0.2) is 5.01 Å². The van der Waals surface area contributed by atoms with Crippen molar-refractivity contribution in [3.63, 3.8) is 0 Å². The highest BCUT2D eigenvalue weighted by Crippen LogP contribution is 2.39. The average molecular weight is 603 g/mol. The van der Waals surface area contributed by atoms with Gasteiger partial charge in [-0.3, -0.25) is 14.4 Å². The molecule has 0 aromatic heterocycles. The molecule has 2 aromatic rings. The van der Waals surface area contributed by atoms with Crippen LogP contribution in [-0.4, -0.2) is 77.8 Å². The van der Waals surface area contributed by atoms with Crippen LogP contribution in [0.5, 0.6) is 5.75 Å². The Bertz CT molecular complexity index is 1430. The van der Waals surface area contributed by atoms with Gasteiger partial charge < -0.3 is 30.2 Å². The summed E-state index contributed by atoms with van der Waals surface area (Å²) in [5.41, 5.74) is -2.59. The van der Waals surface area contributed by atoms with Crippen molar-refractivity contribution in [1.82, 2.24) is 20.5 Å². The van der Waals surface area contributed by atoms with Crippen molar-refractivity contribution in [3.05, 3.63) is 65.7 Å². The first-order valence-corrected chi connectivity index (χ1v) is 13.4. The summed E-state index contributed by atoms with van der Waals surface area (Å²) in [5, 5.41) is 21.1. The minimum atomic E-state index is -4.75. The van der Waals surface area contributed by atoms with Crippen molar-refractivity contribution in [3.8, 4) is 5.75 Å². The van der Waals surface area contributed by atoms with Crippen LogP contribution in [0.15, 0.2) is 59.7 Å². The molecule has 1 saturated heterocycles. The van der Waals surface area contributed by atoms with E-state index in [1.807, 2.05) is 35.6 Å². The summed E-state index contributed by atoms with van der Waals surface area (Å²) in [6.45, 7) is 1.75. The van der Waals surface area contributed by atoms with Crippen LogP contribution in [0.1, 0.15) is 31.4 Å². The van der Waals surface area contributed by atoms with E-state index in [1.165, 1.54) is 42.9 Å². The molecule has 2 aliphatic heterocycles. The molecule has 2 aliphatic rings. The maximum atomic E-state index is 14.0. The lowest BCUT2D eigenvalue weighted by atomic mass is 9.73. The largest absolute Gasteiger partial charge is 0.530 e. The van der Waals surface area contributed by atoms with Crippen LogP contribution in [0.2, 0.25) is 0 Å². The number of alkyl halides is 3. The molecule has 0 bridgehead atoms. The van der Waals surface area contributed by atoms with E-state index in [-0.39, 0.29) is 31.8 Å². The maximum Gasteiger partial charge on any atom is 0.419 e. The molecule has 14 heteroatoms. The lowest BCUT2D eigenvalue weighted by Gasteiger charge is -2.41. The van der Waals surface area contributed by atoms with Crippen molar-refractivity contribution in [2.45, 2.75) is 44.4 Å². The maximum absolute atomic E-state index is 14.0. The number of carbonyl (C=O) groups excluding carboxylic acids is 4. The van der Waals surface area contributed by atoms with Crippen LogP contribution in [0.25, 0.3) is 0 Å². The summed E-state index contributed by atoms with van der Waals surface area (Å²) in [4.78, 5) is 53.0. The first-order chi connectivity index (χ1) is 20.1. The van der Waals surface area contributed by atoms with Gasteiger partial charge in [0.25, 0.3) is 5.91 Å². The highest BCUT2D eigenvalue weighted by Gasteiger charge is 2.54. The Labute approximate surface area is 245 Å². The van der Waals surface area contributed by atoms with E-state index in [2.05, 4.69) is 10.4 Å². The third-order valence-corrected chi connectivity index (χ3v) is 7.45. The van der Waals surface area contributed by atoms with E-state index in [0.29, 0.717) is 5.71 Å². The summed E-state index contributed by atoms with van der Waals surface area (Å²) in [6.07, 6.45) is -6.01. The zero-order chi connectivity index (χ0) is 31.6. The number of nitrogens with zero attached hydrogens (tertiary/aromatic N) is 3. The monoisotopic (exact) mass is 602 g/mol. The van der Waals surface area contributed by atoms with Crippen molar-refractivity contribution in [2.75, 3.05) is 26.7 Å². The van der Waals surface area contributed by atoms with Crippen LogP contribution in [0, 0.1) is 5.41 Å². The van der Waals surface area contributed by atoms with Crippen LogP contribution in [-0.2, 0) is 27.0 Å². The van der Waals surface area contributed by atoms with Crippen LogP contribution in [0.3, 0.4) is 0 Å². The lowest BCUT2D eigenvalue weighted by molar-refractivity contribution is -0.252. The van der Waals surface area contributed by atoms with Gasteiger partial charge in [0.15, 0.2) is 0 Å². The van der Waals surface area contributed by atoms with E-state index in [0.717, 1.165) is 17.7 Å². The minimum Gasteiger partial charge on any atom is -0.530 e. The smallest absolute Gasteiger partial charge is 0.419 e. The number of piperidine rings is 1. The number of para-hydroxylation sites is 1.